The average Bonchev–Trinajstić information content (AvgIpc) is 2.48. The first kappa shape index (κ1) is 14.4. The van der Waals surface area contributed by atoms with Gasteiger partial charge in [-0.3, -0.25) is 16.0 Å². The van der Waals surface area contributed by atoms with Crippen molar-refractivity contribution in [2.45, 2.75) is 0 Å². The molecule has 100 valence electrons. The highest BCUT2D eigenvalue weighted by atomic mass is 16.6. The molecule has 0 saturated heterocycles. The van der Waals surface area contributed by atoms with Crippen LogP contribution in [0, 0.1) is 10.1 Å². The van der Waals surface area contributed by atoms with E-state index in [1.54, 1.807) is 12.3 Å². The number of pyridine rings is 1. The summed E-state index contributed by atoms with van der Waals surface area (Å²) in [6.45, 7) is 0. The predicted octanol–water partition coefficient (Wildman–Crippen LogP) is 1.25. The summed E-state index contributed by atoms with van der Waals surface area (Å²) in [6.07, 6.45) is 1.68. The van der Waals surface area contributed by atoms with Crippen LogP contribution in [0.25, 0.3) is 0 Å². The quantitative estimate of drug-likeness (QED) is 0.371. The molecular weight excluding hydrogens is 248 g/mol. The van der Waals surface area contributed by atoms with Crippen molar-refractivity contribution in [1.82, 2.24) is 4.98 Å². The van der Waals surface area contributed by atoms with Crippen LogP contribution in [0.2, 0.25) is 0 Å². The van der Waals surface area contributed by atoms with Crippen LogP contribution >= 0.6 is 0 Å². The number of nitrogens with one attached hydrogen (secondary N) is 2. The molecule has 6 N–H and O–H groups in total. The lowest BCUT2D eigenvalue weighted by Gasteiger charge is -1.96. The minimum Gasteiger partial charge on any atom is -0.324 e. The summed E-state index contributed by atoms with van der Waals surface area (Å²) in [7, 11) is 0. The number of hydrogen-bond donors (Lipinski definition) is 4. The van der Waals surface area contributed by atoms with Crippen LogP contribution in [0.5, 0.6) is 0 Å². The molecule has 0 bridgehead atoms. The molecule has 0 amide bonds. The van der Waals surface area contributed by atoms with Crippen LogP contribution < -0.4 is 22.5 Å². The molecule has 2 aromatic rings. The van der Waals surface area contributed by atoms with Crippen molar-refractivity contribution in [1.29, 1.82) is 0 Å². The second-order valence-electron chi connectivity index (χ2n) is 3.31. The molecule has 0 saturated carbocycles. The molecule has 19 heavy (non-hydrogen) atoms. The summed E-state index contributed by atoms with van der Waals surface area (Å²) in [6, 6.07) is 11.3. The lowest BCUT2D eigenvalue weighted by Crippen LogP contribution is -2.07. The lowest BCUT2D eigenvalue weighted by molar-refractivity contribution is -0.384. The molecule has 0 spiro atoms. The number of nitro benzene ring substituents is 1. The van der Waals surface area contributed by atoms with E-state index >= 15 is 0 Å². The van der Waals surface area contributed by atoms with Crippen molar-refractivity contribution in [3.8, 4) is 0 Å². The third-order valence-corrected chi connectivity index (χ3v) is 2.06. The number of non-ortho nitro benzene ring substituents is 1. The number of nitrogen functional groups attached to an aromatic ring is 2. The molecule has 8 heteroatoms. The third-order valence-electron chi connectivity index (χ3n) is 2.06. The van der Waals surface area contributed by atoms with Crippen molar-refractivity contribution >= 4 is 17.2 Å². The first-order valence-electron chi connectivity index (χ1n) is 5.26. The van der Waals surface area contributed by atoms with Crippen molar-refractivity contribution in [3.63, 3.8) is 0 Å². The number of hydrazine groups is 2. The first-order chi connectivity index (χ1) is 9.17. The minimum absolute atomic E-state index is 0.0593. The number of aromatic nitrogens is 1. The fourth-order valence-corrected chi connectivity index (χ4v) is 1.13. The number of hydrogen-bond acceptors (Lipinski definition) is 7. The molecule has 0 aliphatic rings. The number of benzene rings is 1. The van der Waals surface area contributed by atoms with E-state index in [4.69, 9.17) is 11.7 Å². The molecule has 0 fully saturated rings. The van der Waals surface area contributed by atoms with E-state index < -0.39 is 4.92 Å². The molecule has 1 aromatic carbocycles. The number of nitrogens with zero attached hydrogens (tertiary/aromatic N) is 2. The molecular formula is C11H14N6O2. The summed E-state index contributed by atoms with van der Waals surface area (Å²) >= 11 is 0. The van der Waals surface area contributed by atoms with Gasteiger partial charge < -0.3 is 10.9 Å². The standard InChI is InChI=1S/C6H7N3O2.C5H7N3/c7-8-5-1-3-6(4-2-5)9(10)11;6-8-5-3-1-2-4-7-5/h1-4,8H,7H2;1-4H,6H2,(H,7,8). The molecule has 0 unspecified atom stereocenters. The number of rotatable bonds is 3. The fraction of sp³-hybridized carbons (Fsp3) is 0. The van der Waals surface area contributed by atoms with Crippen molar-refractivity contribution in [2.24, 2.45) is 11.7 Å². The Morgan fingerprint density at radius 1 is 1.05 bits per heavy atom. The van der Waals surface area contributed by atoms with Gasteiger partial charge in [0.25, 0.3) is 5.69 Å². The van der Waals surface area contributed by atoms with E-state index in [-0.39, 0.29) is 5.69 Å². The van der Waals surface area contributed by atoms with Gasteiger partial charge >= 0.3 is 0 Å². The van der Waals surface area contributed by atoms with Gasteiger partial charge in [-0.25, -0.2) is 10.8 Å². The maximum Gasteiger partial charge on any atom is 0.269 e. The highest BCUT2D eigenvalue weighted by Crippen LogP contribution is 2.13. The van der Waals surface area contributed by atoms with E-state index in [0.29, 0.717) is 11.5 Å². The largest absolute Gasteiger partial charge is 0.324 e. The molecule has 0 aliphatic carbocycles. The van der Waals surface area contributed by atoms with E-state index in [1.807, 2.05) is 12.1 Å². The second-order valence-corrected chi connectivity index (χ2v) is 3.31. The normalized spacial score (nSPS) is 8.95. The summed E-state index contributed by atoms with van der Waals surface area (Å²) in [5.41, 5.74) is 5.49. The van der Waals surface area contributed by atoms with Gasteiger partial charge in [0.05, 0.1) is 4.92 Å². The first-order valence-corrected chi connectivity index (χ1v) is 5.26. The Hall–Kier alpha value is -2.71. The summed E-state index contributed by atoms with van der Waals surface area (Å²) < 4.78 is 0. The Morgan fingerprint density at radius 3 is 2.11 bits per heavy atom. The molecule has 1 heterocycles. The summed E-state index contributed by atoms with van der Waals surface area (Å²) in [5, 5.41) is 10.2. The summed E-state index contributed by atoms with van der Waals surface area (Å²) in [5.74, 6) is 10.8. The number of nitrogens with two attached hydrogens (primary N) is 2. The maximum atomic E-state index is 10.2. The van der Waals surface area contributed by atoms with Crippen LogP contribution in [-0.2, 0) is 0 Å². The third kappa shape index (κ3) is 4.98. The van der Waals surface area contributed by atoms with Crippen molar-refractivity contribution < 1.29 is 4.92 Å². The summed E-state index contributed by atoms with van der Waals surface area (Å²) in [4.78, 5) is 13.6. The molecule has 0 atom stereocenters. The SMILES string of the molecule is NNc1ccc([N+](=O)[O-])cc1.NNc1ccccn1. The Kier molecular flexibility index (Phi) is 5.73. The maximum absolute atomic E-state index is 10.2. The Morgan fingerprint density at radius 2 is 1.74 bits per heavy atom. The van der Waals surface area contributed by atoms with Crippen LogP contribution in [0.4, 0.5) is 17.2 Å². The van der Waals surface area contributed by atoms with Gasteiger partial charge in [-0.1, -0.05) is 6.07 Å². The van der Waals surface area contributed by atoms with Gasteiger partial charge in [0, 0.05) is 24.0 Å². The van der Waals surface area contributed by atoms with Gasteiger partial charge in [0.1, 0.15) is 5.82 Å². The average molecular weight is 262 g/mol. The van der Waals surface area contributed by atoms with E-state index in [1.165, 1.54) is 24.3 Å². The Labute approximate surface area is 109 Å². The highest BCUT2D eigenvalue weighted by Gasteiger charge is 2.01. The van der Waals surface area contributed by atoms with Gasteiger partial charge in [-0.2, -0.15) is 0 Å². The molecule has 2 rings (SSSR count). The monoisotopic (exact) mass is 262 g/mol. The van der Waals surface area contributed by atoms with Crippen LogP contribution in [0.3, 0.4) is 0 Å². The highest BCUT2D eigenvalue weighted by molar-refractivity contribution is 5.47. The molecule has 1 aromatic heterocycles. The topological polar surface area (TPSA) is 132 Å². The van der Waals surface area contributed by atoms with Crippen molar-refractivity contribution in [2.75, 3.05) is 10.9 Å². The number of nitro groups is 1. The van der Waals surface area contributed by atoms with Gasteiger partial charge in [-0.15, -0.1) is 0 Å². The van der Waals surface area contributed by atoms with E-state index in [2.05, 4.69) is 15.8 Å². The van der Waals surface area contributed by atoms with Gasteiger partial charge in [0.15, 0.2) is 0 Å². The molecule has 0 aliphatic heterocycles. The van der Waals surface area contributed by atoms with Crippen LogP contribution in [0.1, 0.15) is 0 Å². The zero-order chi connectivity index (χ0) is 14.1. The van der Waals surface area contributed by atoms with E-state index in [0.717, 1.165) is 0 Å². The predicted molar refractivity (Wildman–Crippen MR) is 73.0 cm³/mol. The zero-order valence-corrected chi connectivity index (χ0v) is 9.98. The van der Waals surface area contributed by atoms with E-state index in [9.17, 15) is 10.1 Å². The lowest BCUT2D eigenvalue weighted by atomic mass is 10.3. The smallest absolute Gasteiger partial charge is 0.269 e. The zero-order valence-electron chi connectivity index (χ0n) is 9.98. The molecule has 0 radical (unpaired) electrons. The molecule has 8 nitrogen and oxygen atoms in total. The van der Waals surface area contributed by atoms with Crippen molar-refractivity contribution in [3.05, 3.63) is 58.8 Å². The second kappa shape index (κ2) is 7.58. The van der Waals surface area contributed by atoms with Gasteiger partial charge in [-0.05, 0) is 24.3 Å². The van der Waals surface area contributed by atoms with Gasteiger partial charge in [0.2, 0.25) is 0 Å². The fourth-order valence-electron chi connectivity index (χ4n) is 1.13. The Bertz CT molecular complexity index is 502. The van der Waals surface area contributed by atoms with Crippen LogP contribution in [0.15, 0.2) is 48.7 Å². The Balaban J connectivity index is 0.000000200. The number of anilines is 2. The minimum atomic E-state index is -0.458. The van der Waals surface area contributed by atoms with Crippen LogP contribution in [-0.4, -0.2) is 9.91 Å².